The lowest BCUT2D eigenvalue weighted by molar-refractivity contribution is -0.190. The number of amides is 1. The van der Waals surface area contributed by atoms with E-state index >= 15 is 0 Å². The van der Waals surface area contributed by atoms with Gasteiger partial charge in [0.1, 0.15) is 0 Å². The molecule has 0 saturated heterocycles. The highest BCUT2D eigenvalue weighted by Crippen LogP contribution is 2.59. The van der Waals surface area contributed by atoms with Crippen molar-refractivity contribution in [1.82, 2.24) is 19.5 Å². The number of aromatic nitrogens is 3. The average molecular weight is 507 g/mol. The Kier molecular flexibility index (Phi) is 8.82. The van der Waals surface area contributed by atoms with Crippen LogP contribution in [-0.2, 0) is 6.42 Å². The van der Waals surface area contributed by atoms with Crippen molar-refractivity contribution in [3.63, 3.8) is 0 Å². The molecule has 2 aromatic heterocycles. The molecule has 3 aromatic rings. The van der Waals surface area contributed by atoms with Gasteiger partial charge in [0.05, 0.1) is 17.6 Å². The molecule has 188 valence electrons. The van der Waals surface area contributed by atoms with Crippen molar-refractivity contribution in [2.75, 3.05) is 6.61 Å². The highest BCUT2D eigenvalue weighted by molar-refractivity contribution is 7.98. The average Bonchev–Trinajstić information content (AvgIpc) is 3.54. The first-order valence-corrected chi connectivity index (χ1v) is 12.4. The van der Waals surface area contributed by atoms with Gasteiger partial charge in [-0.1, -0.05) is 39.0 Å². The van der Waals surface area contributed by atoms with Crippen molar-refractivity contribution < 1.29 is 22.7 Å². The number of nitrogens with one attached hydrogen (secondary N) is 1. The number of carbonyl (C=O) groups excluding carboxylic acids is 1. The highest BCUT2D eigenvalue weighted by Gasteiger charge is 2.62. The number of aryl methyl sites for hydroxylation is 1. The molecule has 35 heavy (non-hydrogen) atoms. The Morgan fingerprint density at radius 1 is 1.20 bits per heavy atom. The standard InChI is InChI=1S/C23H23F3N4O2S.C2H6/c1-2-16-14-19(27-15-18(16)21(31)29-33-17-6-4-3-5-7-17)30-12-8-20(28-30)32-13-11-22(9-10-22)23(24,25)26;1-2/h3-8,12,14-15H,2,9-11,13H2,1H3,(H,29,31);1-2H3. The van der Waals surface area contributed by atoms with Gasteiger partial charge in [-0.05, 0) is 61.4 Å². The van der Waals surface area contributed by atoms with Crippen molar-refractivity contribution in [1.29, 1.82) is 0 Å². The van der Waals surface area contributed by atoms with Crippen LogP contribution in [0.2, 0.25) is 0 Å². The molecular weight excluding hydrogens is 477 g/mol. The van der Waals surface area contributed by atoms with Crippen molar-refractivity contribution in [3.8, 4) is 11.7 Å². The number of halogens is 3. The molecule has 1 aliphatic carbocycles. The summed E-state index contributed by atoms with van der Waals surface area (Å²) in [6.45, 7) is 5.88. The van der Waals surface area contributed by atoms with Crippen LogP contribution in [0.3, 0.4) is 0 Å². The summed E-state index contributed by atoms with van der Waals surface area (Å²) in [6, 6.07) is 12.8. The van der Waals surface area contributed by atoms with Crippen LogP contribution < -0.4 is 9.46 Å². The molecule has 6 nitrogen and oxygen atoms in total. The summed E-state index contributed by atoms with van der Waals surface area (Å²) >= 11 is 1.23. The Morgan fingerprint density at radius 2 is 1.91 bits per heavy atom. The Balaban J connectivity index is 0.00000167. The summed E-state index contributed by atoms with van der Waals surface area (Å²) in [5, 5.41) is 4.25. The molecule has 0 atom stereocenters. The fourth-order valence-corrected chi connectivity index (χ4v) is 4.06. The van der Waals surface area contributed by atoms with Gasteiger partial charge in [0.25, 0.3) is 5.91 Å². The molecule has 0 bridgehead atoms. The zero-order valence-electron chi connectivity index (χ0n) is 19.9. The third-order valence-electron chi connectivity index (χ3n) is 5.69. The monoisotopic (exact) mass is 506 g/mol. The lowest BCUT2D eigenvalue weighted by Gasteiger charge is -2.18. The summed E-state index contributed by atoms with van der Waals surface area (Å²) in [5.41, 5.74) is -0.331. The Morgan fingerprint density at radius 3 is 2.54 bits per heavy atom. The Labute approximate surface area is 207 Å². The van der Waals surface area contributed by atoms with Crippen LogP contribution in [0.5, 0.6) is 5.88 Å². The number of carbonyl (C=O) groups is 1. The van der Waals surface area contributed by atoms with E-state index in [-0.39, 0.29) is 37.7 Å². The van der Waals surface area contributed by atoms with Crippen LogP contribution in [0.15, 0.2) is 59.8 Å². The van der Waals surface area contributed by atoms with Gasteiger partial charge in [-0.15, -0.1) is 5.10 Å². The number of pyridine rings is 1. The molecule has 1 aromatic carbocycles. The van der Waals surface area contributed by atoms with Crippen molar-refractivity contribution in [3.05, 3.63) is 66.0 Å². The summed E-state index contributed by atoms with van der Waals surface area (Å²) in [6.07, 6.45) is -0.228. The van der Waals surface area contributed by atoms with Gasteiger partial charge in [-0.3, -0.25) is 9.52 Å². The quantitative estimate of drug-likeness (QED) is 0.340. The summed E-state index contributed by atoms with van der Waals surface area (Å²) in [5.74, 6) is 0.472. The normalized spacial score (nSPS) is 14.0. The molecule has 1 saturated carbocycles. The maximum Gasteiger partial charge on any atom is 0.394 e. The summed E-state index contributed by atoms with van der Waals surface area (Å²) in [7, 11) is 0. The first-order chi connectivity index (χ1) is 16.8. The molecule has 0 unspecified atom stereocenters. The van der Waals surface area contributed by atoms with Crippen LogP contribution in [0.25, 0.3) is 5.82 Å². The zero-order valence-corrected chi connectivity index (χ0v) is 20.7. The van der Waals surface area contributed by atoms with Gasteiger partial charge < -0.3 is 4.74 Å². The summed E-state index contributed by atoms with van der Waals surface area (Å²) < 4.78 is 48.8. The van der Waals surface area contributed by atoms with E-state index in [4.69, 9.17) is 4.74 Å². The first-order valence-electron chi connectivity index (χ1n) is 11.6. The molecule has 1 fully saturated rings. The predicted molar refractivity (Wildman–Crippen MR) is 130 cm³/mol. The van der Waals surface area contributed by atoms with E-state index < -0.39 is 11.6 Å². The van der Waals surface area contributed by atoms with Gasteiger partial charge in [0.2, 0.25) is 5.88 Å². The lowest BCUT2D eigenvalue weighted by atomic mass is 10.0. The molecule has 4 rings (SSSR count). The van der Waals surface area contributed by atoms with Gasteiger partial charge >= 0.3 is 6.18 Å². The largest absolute Gasteiger partial charge is 0.477 e. The van der Waals surface area contributed by atoms with Gasteiger partial charge in [-0.25, -0.2) is 9.67 Å². The number of hydrogen-bond donors (Lipinski definition) is 1. The minimum atomic E-state index is -4.19. The number of benzene rings is 1. The second-order valence-electron chi connectivity index (χ2n) is 7.87. The number of nitrogens with zero attached hydrogens (tertiary/aromatic N) is 3. The predicted octanol–water partition coefficient (Wildman–Crippen LogP) is 6.40. The van der Waals surface area contributed by atoms with E-state index in [0.717, 1.165) is 10.5 Å². The Hall–Kier alpha value is -3.01. The topological polar surface area (TPSA) is 69.0 Å². The zero-order chi connectivity index (χ0) is 25.5. The van der Waals surface area contributed by atoms with E-state index in [1.54, 1.807) is 18.3 Å². The number of rotatable bonds is 9. The molecule has 1 aliphatic rings. The van der Waals surface area contributed by atoms with E-state index in [0.29, 0.717) is 17.8 Å². The Bertz CT molecular complexity index is 1120. The molecule has 10 heteroatoms. The van der Waals surface area contributed by atoms with Crippen molar-refractivity contribution in [2.24, 2.45) is 5.41 Å². The van der Waals surface area contributed by atoms with Crippen molar-refractivity contribution >= 4 is 17.9 Å². The van der Waals surface area contributed by atoms with Gasteiger partial charge in [-0.2, -0.15) is 13.2 Å². The number of hydrogen-bond acceptors (Lipinski definition) is 5. The summed E-state index contributed by atoms with van der Waals surface area (Å²) in [4.78, 5) is 17.9. The maximum absolute atomic E-state index is 13.0. The van der Waals surface area contributed by atoms with E-state index in [2.05, 4.69) is 14.8 Å². The fourth-order valence-electron chi connectivity index (χ4n) is 3.44. The lowest BCUT2D eigenvalue weighted by Crippen LogP contribution is -2.26. The van der Waals surface area contributed by atoms with E-state index in [1.807, 2.05) is 51.1 Å². The van der Waals surface area contributed by atoms with Crippen LogP contribution >= 0.6 is 11.9 Å². The number of alkyl halides is 3. The third-order valence-corrected chi connectivity index (χ3v) is 6.49. The van der Waals surface area contributed by atoms with Gasteiger partial charge in [0.15, 0.2) is 5.82 Å². The molecule has 0 radical (unpaired) electrons. The minimum Gasteiger partial charge on any atom is -0.477 e. The van der Waals surface area contributed by atoms with Crippen LogP contribution in [0.4, 0.5) is 13.2 Å². The van der Waals surface area contributed by atoms with Crippen molar-refractivity contribution in [2.45, 2.75) is 57.5 Å². The third kappa shape index (κ3) is 6.56. The van der Waals surface area contributed by atoms with Crippen LogP contribution in [-0.4, -0.2) is 33.5 Å². The molecule has 0 spiro atoms. The second-order valence-corrected chi connectivity index (χ2v) is 8.75. The first kappa shape index (κ1) is 26.6. The number of ether oxygens (including phenoxy) is 1. The second kappa shape index (κ2) is 11.6. The molecule has 0 aliphatic heterocycles. The fraction of sp³-hybridized carbons (Fsp3) is 0.400. The maximum atomic E-state index is 13.0. The van der Waals surface area contributed by atoms with E-state index in [1.165, 1.54) is 22.8 Å². The highest BCUT2D eigenvalue weighted by atomic mass is 32.2. The molecular formula is C25H29F3N4O2S. The van der Waals surface area contributed by atoms with E-state index in [9.17, 15) is 18.0 Å². The molecule has 2 heterocycles. The van der Waals surface area contributed by atoms with Crippen LogP contribution in [0, 0.1) is 5.41 Å². The molecule has 1 amide bonds. The van der Waals surface area contributed by atoms with Crippen LogP contribution in [0.1, 0.15) is 56.0 Å². The smallest absolute Gasteiger partial charge is 0.394 e. The molecule has 1 N–H and O–H groups in total. The SMILES string of the molecule is CC.CCc1cc(-n2ccc(OCCC3(C(F)(F)F)CC3)n2)ncc1C(=O)NSc1ccccc1. The minimum absolute atomic E-state index is 0.0532. The van der Waals surface area contributed by atoms with Gasteiger partial charge in [0, 0.05) is 23.4 Å².